The van der Waals surface area contributed by atoms with E-state index in [1.165, 1.54) is 19.2 Å². The second-order valence-electron chi connectivity index (χ2n) is 8.02. The SMILES string of the molecule is COc1c(=O)n(C2CCOCC2)cc2c(N[C@H](C)c3cccc(C(F)F)c3F)nc(C)nc12. The van der Waals surface area contributed by atoms with Gasteiger partial charge in [0.2, 0.25) is 5.75 Å². The molecule has 1 aliphatic rings. The molecule has 1 fully saturated rings. The number of aryl methyl sites for hydroxylation is 1. The molecule has 0 aliphatic carbocycles. The topological polar surface area (TPSA) is 78.3 Å². The van der Waals surface area contributed by atoms with Gasteiger partial charge in [0.15, 0.2) is 0 Å². The van der Waals surface area contributed by atoms with Crippen molar-refractivity contribution in [2.45, 2.75) is 45.2 Å². The van der Waals surface area contributed by atoms with Crippen LogP contribution in [0.4, 0.5) is 19.0 Å². The quantitative estimate of drug-likeness (QED) is 0.572. The van der Waals surface area contributed by atoms with Crippen molar-refractivity contribution in [3.63, 3.8) is 0 Å². The summed E-state index contributed by atoms with van der Waals surface area (Å²) in [7, 11) is 1.41. The lowest BCUT2D eigenvalue weighted by Crippen LogP contribution is -2.30. The highest BCUT2D eigenvalue weighted by molar-refractivity contribution is 5.92. The van der Waals surface area contributed by atoms with Crippen LogP contribution in [0.25, 0.3) is 10.9 Å². The van der Waals surface area contributed by atoms with Crippen LogP contribution in [0.2, 0.25) is 0 Å². The van der Waals surface area contributed by atoms with E-state index in [4.69, 9.17) is 9.47 Å². The number of benzene rings is 1. The molecule has 1 saturated heterocycles. The Kier molecular flexibility index (Phi) is 6.55. The fraction of sp³-hybridized carbons (Fsp3) is 0.435. The van der Waals surface area contributed by atoms with Gasteiger partial charge in [-0.2, -0.15) is 0 Å². The Balaban J connectivity index is 1.82. The molecular formula is C23H25F3N4O3. The molecule has 0 amide bonds. The van der Waals surface area contributed by atoms with Gasteiger partial charge < -0.3 is 19.4 Å². The summed E-state index contributed by atoms with van der Waals surface area (Å²) in [6.07, 6.45) is 0.104. The van der Waals surface area contributed by atoms with Gasteiger partial charge in [-0.1, -0.05) is 18.2 Å². The second kappa shape index (κ2) is 9.38. The summed E-state index contributed by atoms with van der Waals surface area (Å²) in [6.45, 7) is 4.41. The molecule has 0 unspecified atom stereocenters. The Hall–Kier alpha value is -3.14. The number of halogens is 3. The van der Waals surface area contributed by atoms with Crippen molar-refractivity contribution in [3.8, 4) is 5.75 Å². The van der Waals surface area contributed by atoms with Crippen molar-refractivity contribution in [2.24, 2.45) is 0 Å². The van der Waals surface area contributed by atoms with Crippen LogP contribution in [-0.2, 0) is 4.74 Å². The molecule has 1 aliphatic heterocycles. The van der Waals surface area contributed by atoms with E-state index in [2.05, 4.69) is 15.3 Å². The van der Waals surface area contributed by atoms with Crippen molar-refractivity contribution in [1.82, 2.24) is 14.5 Å². The number of alkyl halides is 2. The van der Waals surface area contributed by atoms with Crippen molar-refractivity contribution >= 4 is 16.7 Å². The highest BCUT2D eigenvalue weighted by Crippen LogP contribution is 2.32. The number of hydrogen-bond donors (Lipinski definition) is 1. The van der Waals surface area contributed by atoms with Gasteiger partial charge in [0, 0.05) is 31.0 Å². The van der Waals surface area contributed by atoms with E-state index in [0.717, 1.165) is 6.07 Å². The minimum absolute atomic E-state index is 0.0729. The zero-order valence-corrected chi connectivity index (χ0v) is 18.6. The first kappa shape index (κ1) is 23.0. The van der Waals surface area contributed by atoms with Gasteiger partial charge in [-0.15, -0.1) is 0 Å². The van der Waals surface area contributed by atoms with Crippen LogP contribution in [0.1, 0.15) is 55.2 Å². The summed E-state index contributed by atoms with van der Waals surface area (Å²) in [5, 5.41) is 3.63. The predicted molar refractivity (Wildman–Crippen MR) is 118 cm³/mol. The number of nitrogens with one attached hydrogen (secondary N) is 1. The minimum atomic E-state index is -2.92. The van der Waals surface area contributed by atoms with E-state index in [-0.39, 0.29) is 22.9 Å². The largest absolute Gasteiger partial charge is 0.490 e. The first-order chi connectivity index (χ1) is 15.8. The molecule has 0 radical (unpaired) electrons. The van der Waals surface area contributed by atoms with Crippen LogP contribution in [-0.4, -0.2) is 34.9 Å². The first-order valence-corrected chi connectivity index (χ1v) is 10.7. The molecule has 0 bridgehead atoms. The first-order valence-electron chi connectivity index (χ1n) is 10.7. The molecule has 176 valence electrons. The van der Waals surface area contributed by atoms with E-state index in [1.807, 2.05) is 0 Å². The summed E-state index contributed by atoms with van der Waals surface area (Å²) in [5.41, 5.74) is -0.540. The molecule has 1 aromatic carbocycles. The number of rotatable bonds is 6. The van der Waals surface area contributed by atoms with E-state index < -0.39 is 23.8 Å². The zero-order chi connectivity index (χ0) is 23.7. The van der Waals surface area contributed by atoms with Gasteiger partial charge in [0.1, 0.15) is 23.0 Å². The molecule has 1 atom stereocenters. The van der Waals surface area contributed by atoms with Crippen LogP contribution in [0.5, 0.6) is 5.75 Å². The van der Waals surface area contributed by atoms with Gasteiger partial charge in [-0.3, -0.25) is 4.79 Å². The normalized spacial score (nSPS) is 15.7. The van der Waals surface area contributed by atoms with Crippen molar-refractivity contribution in [1.29, 1.82) is 0 Å². The maximum Gasteiger partial charge on any atom is 0.295 e. The number of anilines is 1. The van der Waals surface area contributed by atoms with E-state index in [0.29, 0.717) is 48.6 Å². The molecule has 33 heavy (non-hydrogen) atoms. The minimum Gasteiger partial charge on any atom is -0.490 e. The summed E-state index contributed by atoms with van der Waals surface area (Å²) in [5.74, 6) is -0.142. The van der Waals surface area contributed by atoms with E-state index in [9.17, 15) is 18.0 Å². The maximum absolute atomic E-state index is 14.7. The van der Waals surface area contributed by atoms with Crippen LogP contribution >= 0.6 is 0 Å². The number of pyridine rings is 1. The average Bonchev–Trinajstić information content (AvgIpc) is 2.79. The monoisotopic (exact) mass is 462 g/mol. The number of methoxy groups -OCH3 is 1. The van der Waals surface area contributed by atoms with Gasteiger partial charge in [0.25, 0.3) is 12.0 Å². The van der Waals surface area contributed by atoms with Crippen LogP contribution in [0, 0.1) is 12.7 Å². The number of ether oxygens (including phenoxy) is 2. The van der Waals surface area contributed by atoms with Gasteiger partial charge in [-0.05, 0) is 26.7 Å². The number of nitrogens with zero attached hydrogens (tertiary/aromatic N) is 3. The Labute approximate surface area is 188 Å². The number of aromatic nitrogens is 3. The van der Waals surface area contributed by atoms with E-state index in [1.54, 1.807) is 24.6 Å². The van der Waals surface area contributed by atoms with Crippen molar-refractivity contribution in [3.05, 3.63) is 57.5 Å². The van der Waals surface area contributed by atoms with Gasteiger partial charge in [-0.25, -0.2) is 23.1 Å². The van der Waals surface area contributed by atoms with Crippen LogP contribution < -0.4 is 15.6 Å². The molecule has 3 heterocycles. The summed E-state index contributed by atoms with van der Waals surface area (Å²) >= 11 is 0. The highest BCUT2D eigenvalue weighted by Gasteiger charge is 2.24. The maximum atomic E-state index is 14.7. The molecule has 7 nitrogen and oxygen atoms in total. The molecule has 1 N–H and O–H groups in total. The average molecular weight is 462 g/mol. The van der Waals surface area contributed by atoms with Gasteiger partial charge in [0.05, 0.1) is 24.1 Å². The lowest BCUT2D eigenvalue weighted by Gasteiger charge is -2.25. The zero-order valence-electron chi connectivity index (χ0n) is 18.6. The Bertz CT molecular complexity index is 1230. The third-order valence-corrected chi connectivity index (χ3v) is 5.87. The third-order valence-electron chi connectivity index (χ3n) is 5.87. The Morgan fingerprint density at radius 2 is 1.91 bits per heavy atom. The summed E-state index contributed by atoms with van der Waals surface area (Å²) in [6, 6.07) is 3.16. The molecule has 10 heteroatoms. The molecule has 0 spiro atoms. The molecule has 4 rings (SSSR count). The Morgan fingerprint density at radius 1 is 1.21 bits per heavy atom. The Morgan fingerprint density at radius 3 is 2.58 bits per heavy atom. The lowest BCUT2D eigenvalue weighted by molar-refractivity contribution is 0.0685. The van der Waals surface area contributed by atoms with Crippen molar-refractivity contribution in [2.75, 3.05) is 25.6 Å². The van der Waals surface area contributed by atoms with Crippen molar-refractivity contribution < 1.29 is 22.6 Å². The molecular weight excluding hydrogens is 437 g/mol. The predicted octanol–water partition coefficient (Wildman–Crippen LogP) is 4.71. The second-order valence-corrected chi connectivity index (χ2v) is 8.02. The third kappa shape index (κ3) is 4.39. The van der Waals surface area contributed by atoms with Crippen LogP contribution in [0.3, 0.4) is 0 Å². The van der Waals surface area contributed by atoms with Gasteiger partial charge >= 0.3 is 0 Å². The highest BCUT2D eigenvalue weighted by atomic mass is 19.3. The lowest BCUT2D eigenvalue weighted by atomic mass is 10.0. The van der Waals surface area contributed by atoms with Crippen LogP contribution in [0.15, 0.2) is 29.2 Å². The summed E-state index contributed by atoms with van der Waals surface area (Å²) < 4.78 is 53.5. The van der Waals surface area contributed by atoms with E-state index >= 15 is 0 Å². The number of hydrogen-bond acceptors (Lipinski definition) is 6. The molecule has 2 aromatic heterocycles. The molecule has 3 aromatic rings. The summed E-state index contributed by atoms with van der Waals surface area (Å²) in [4.78, 5) is 22.0. The molecule has 0 saturated carbocycles. The number of fused-ring (bicyclic) bond motifs is 1. The standard InChI is InChI=1S/C23H25F3N4O3/c1-12(15-5-4-6-16(18(15)24)21(25)26)27-22-17-11-30(14-7-9-33-10-8-14)23(31)20(32-3)19(17)28-13(2)29-22/h4-6,11-12,14,21H,7-10H2,1-3H3,(H,27,28,29)/t12-/m1/s1. The fourth-order valence-corrected chi connectivity index (χ4v) is 4.18. The smallest absolute Gasteiger partial charge is 0.295 e. The fourth-order valence-electron chi connectivity index (χ4n) is 4.18.